The number of anilines is 1. The lowest BCUT2D eigenvalue weighted by molar-refractivity contribution is -0.134. The molecule has 0 aliphatic carbocycles. The fraction of sp³-hybridized carbons (Fsp3) is 0.360. The molecule has 0 atom stereocenters. The molecule has 2 aliphatic rings. The van der Waals surface area contributed by atoms with E-state index in [1.807, 2.05) is 32.0 Å². The van der Waals surface area contributed by atoms with E-state index >= 15 is 0 Å². The van der Waals surface area contributed by atoms with E-state index in [4.69, 9.17) is 4.74 Å². The van der Waals surface area contributed by atoms with E-state index in [1.54, 1.807) is 0 Å². The Labute approximate surface area is 204 Å². The summed E-state index contributed by atoms with van der Waals surface area (Å²) in [6.07, 6.45) is 1.89. The molecule has 0 radical (unpaired) electrons. The summed E-state index contributed by atoms with van der Waals surface area (Å²) in [5.74, 6) is -1.47. The monoisotopic (exact) mass is 497 g/mol. The van der Waals surface area contributed by atoms with Gasteiger partial charge in [0.2, 0.25) is 15.9 Å². The number of hydrogen-bond donors (Lipinski definition) is 0. The molecule has 1 amide bonds. The summed E-state index contributed by atoms with van der Waals surface area (Å²) >= 11 is 0. The van der Waals surface area contributed by atoms with Crippen molar-refractivity contribution in [3.8, 4) is 0 Å². The Kier molecular flexibility index (Phi) is 7.13. The van der Waals surface area contributed by atoms with Crippen molar-refractivity contribution in [2.24, 2.45) is 5.10 Å². The second-order valence-corrected chi connectivity index (χ2v) is 10.6. The number of carbonyl (C=O) groups excluding carboxylic acids is 3. The molecule has 4 rings (SSSR count). The second-order valence-electron chi connectivity index (χ2n) is 8.68. The molecule has 0 unspecified atom stereocenters. The van der Waals surface area contributed by atoms with Gasteiger partial charge in [-0.1, -0.05) is 12.1 Å². The third kappa shape index (κ3) is 5.33. The Balaban J connectivity index is 1.41. The number of amides is 1. The smallest absolute Gasteiger partial charge is 0.354 e. The van der Waals surface area contributed by atoms with Crippen molar-refractivity contribution in [1.82, 2.24) is 4.31 Å². The molecule has 0 saturated carbocycles. The summed E-state index contributed by atoms with van der Waals surface area (Å²) in [6, 6.07) is 11.2. The van der Waals surface area contributed by atoms with Gasteiger partial charge in [0.1, 0.15) is 5.71 Å². The molecule has 10 heteroatoms. The van der Waals surface area contributed by atoms with E-state index in [2.05, 4.69) is 5.10 Å². The number of hydrazone groups is 1. The molecular formula is C25H27N3O6S. The maximum atomic E-state index is 12.6. The zero-order chi connectivity index (χ0) is 25.2. The standard InChI is InChI=1S/C25H27N3O6S/c1-17-5-6-18(2)22(15-17)28-24(30)12-11-21(26-28)25(31)34-16-23(29)19-7-9-20(10-8-19)35(32,33)27-13-3-4-14-27/h5-10,15H,3-4,11-14,16H2,1-2H3. The molecule has 2 aliphatic heterocycles. The first-order valence-electron chi connectivity index (χ1n) is 11.4. The average molecular weight is 498 g/mol. The summed E-state index contributed by atoms with van der Waals surface area (Å²) < 4.78 is 31.9. The quantitative estimate of drug-likeness (QED) is 0.429. The highest BCUT2D eigenvalue weighted by Gasteiger charge is 2.29. The predicted molar refractivity (Wildman–Crippen MR) is 130 cm³/mol. The van der Waals surface area contributed by atoms with Crippen LogP contribution in [0.2, 0.25) is 0 Å². The van der Waals surface area contributed by atoms with E-state index in [0.717, 1.165) is 24.0 Å². The molecule has 35 heavy (non-hydrogen) atoms. The number of aryl methyl sites for hydroxylation is 2. The molecule has 184 valence electrons. The van der Waals surface area contributed by atoms with E-state index in [0.29, 0.717) is 18.8 Å². The molecule has 2 heterocycles. The molecule has 1 fully saturated rings. The van der Waals surface area contributed by atoms with E-state index in [-0.39, 0.29) is 34.9 Å². The van der Waals surface area contributed by atoms with Crippen molar-refractivity contribution in [2.45, 2.75) is 44.4 Å². The summed E-state index contributed by atoms with van der Waals surface area (Å²) in [5, 5.41) is 5.42. The Morgan fingerprint density at radius 3 is 2.37 bits per heavy atom. The number of rotatable bonds is 7. The molecule has 0 bridgehead atoms. The molecular weight excluding hydrogens is 470 g/mol. The van der Waals surface area contributed by atoms with Crippen LogP contribution >= 0.6 is 0 Å². The highest BCUT2D eigenvalue weighted by atomic mass is 32.2. The number of carbonyl (C=O) groups is 3. The van der Waals surface area contributed by atoms with Crippen molar-refractivity contribution in [1.29, 1.82) is 0 Å². The Hall–Kier alpha value is -3.37. The minimum atomic E-state index is -3.57. The minimum Gasteiger partial charge on any atom is -0.453 e. The topological polar surface area (TPSA) is 113 Å². The number of ether oxygens (including phenoxy) is 1. The molecule has 0 N–H and O–H groups in total. The lowest BCUT2D eigenvalue weighted by Gasteiger charge is -2.24. The van der Waals surface area contributed by atoms with Crippen molar-refractivity contribution in [3.63, 3.8) is 0 Å². The van der Waals surface area contributed by atoms with Crippen LogP contribution in [0.3, 0.4) is 0 Å². The summed E-state index contributed by atoms with van der Waals surface area (Å²) in [6.45, 7) is 4.22. The Morgan fingerprint density at radius 2 is 1.69 bits per heavy atom. The highest BCUT2D eigenvalue weighted by Crippen LogP contribution is 2.26. The third-order valence-electron chi connectivity index (χ3n) is 6.07. The zero-order valence-corrected chi connectivity index (χ0v) is 20.5. The normalized spacial score (nSPS) is 16.8. The van der Waals surface area contributed by atoms with E-state index in [1.165, 1.54) is 33.6 Å². The summed E-state index contributed by atoms with van der Waals surface area (Å²) in [4.78, 5) is 37.7. The first kappa shape index (κ1) is 24.7. The van der Waals surface area contributed by atoms with Crippen LogP contribution in [0.1, 0.15) is 47.2 Å². The van der Waals surface area contributed by atoms with Gasteiger partial charge in [-0.05, 0) is 68.1 Å². The van der Waals surface area contributed by atoms with Crippen LogP contribution in [-0.4, -0.2) is 55.8 Å². The van der Waals surface area contributed by atoms with E-state index in [9.17, 15) is 22.8 Å². The van der Waals surface area contributed by atoms with Gasteiger partial charge in [0.15, 0.2) is 12.4 Å². The number of Topliss-reactive ketones (excluding diaryl/α,β-unsaturated/α-hetero) is 1. The van der Waals surface area contributed by atoms with Crippen molar-refractivity contribution < 1.29 is 27.5 Å². The summed E-state index contributed by atoms with van der Waals surface area (Å²) in [5.41, 5.74) is 2.68. The molecule has 9 nitrogen and oxygen atoms in total. The fourth-order valence-electron chi connectivity index (χ4n) is 4.02. The highest BCUT2D eigenvalue weighted by molar-refractivity contribution is 7.89. The number of esters is 1. The van der Waals surface area contributed by atoms with Crippen molar-refractivity contribution in [3.05, 3.63) is 59.2 Å². The van der Waals surface area contributed by atoms with Gasteiger partial charge in [-0.2, -0.15) is 14.4 Å². The first-order valence-corrected chi connectivity index (χ1v) is 12.9. The summed E-state index contributed by atoms with van der Waals surface area (Å²) in [7, 11) is -3.57. The number of ketones is 1. The second kappa shape index (κ2) is 10.1. The van der Waals surface area contributed by atoms with Crippen LogP contribution in [0.5, 0.6) is 0 Å². The minimum absolute atomic E-state index is 0.0605. The molecule has 2 aromatic carbocycles. The van der Waals surface area contributed by atoms with Crippen LogP contribution in [0.15, 0.2) is 52.5 Å². The van der Waals surface area contributed by atoms with Crippen molar-refractivity contribution in [2.75, 3.05) is 24.7 Å². The third-order valence-corrected chi connectivity index (χ3v) is 7.99. The average Bonchev–Trinajstić information content (AvgIpc) is 3.40. The lowest BCUT2D eigenvalue weighted by Crippen LogP contribution is -2.35. The van der Waals surface area contributed by atoms with Crippen molar-refractivity contribution >= 4 is 39.1 Å². The molecule has 0 aromatic heterocycles. The lowest BCUT2D eigenvalue weighted by atomic mass is 10.1. The maximum Gasteiger partial charge on any atom is 0.354 e. The van der Waals surface area contributed by atoms with Crippen LogP contribution in [-0.2, 0) is 24.3 Å². The van der Waals surface area contributed by atoms with Crippen LogP contribution in [0.25, 0.3) is 0 Å². The first-order chi connectivity index (χ1) is 16.7. The van der Waals surface area contributed by atoms with Gasteiger partial charge in [0.25, 0.3) is 0 Å². The van der Waals surface area contributed by atoms with E-state index < -0.39 is 28.4 Å². The number of nitrogens with zero attached hydrogens (tertiary/aromatic N) is 3. The maximum absolute atomic E-state index is 12.6. The Morgan fingerprint density at radius 1 is 1.00 bits per heavy atom. The zero-order valence-electron chi connectivity index (χ0n) is 19.7. The molecule has 2 aromatic rings. The van der Waals surface area contributed by atoms with Gasteiger partial charge >= 0.3 is 5.97 Å². The Bertz CT molecular complexity index is 1290. The van der Waals surface area contributed by atoms with Gasteiger partial charge in [-0.25, -0.2) is 13.2 Å². The SMILES string of the molecule is Cc1ccc(C)c(N2N=C(C(=O)OCC(=O)c3ccc(S(=O)(=O)N4CCCC4)cc3)CCC2=O)c1. The van der Waals surface area contributed by atoms with Gasteiger partial charge in [-0.3, -0.25) is 9.59 Å². The van der Waals surface area contributed by atoms with Gasteiger partial charge < -0.3 is 4.74 Å². The van der Waals surface area contributed by atoms with Gasteiger partial charge in [0.05, 0.1) is 10.6 Å². The van der Waals surface area contributed by atoms with Crippen LogP contribution in [0.4, 0.5) is 5.69 Å². The number of hydrogen-bond acceptors (Lipinski definition) is 7. The largest absolute Gasteiger partial charge is 0.453 e. The van der Waals surface area contributed by atoms with Crippen LogP contribution < -0.4 is 5.01 Å². The fourth-order valence-corrected chi connectivity index (χ4v) is 5.54. The molecule has 0 spiro atoms. The predicted octanol–water partition coefficient (Wildman–Crippen LogP) is 3.00. The number of benzene rings is 2. The van der Waals surface area contributed by atoms with Crippen LogP contribution in [0, 0.1) is 13.8 Å². The molecule has 1 saturated heterocycles. The van der Waals surface area contributed by atoms with Gasteiger partial charge in [-0.15, -0.1) is 0 Å². The number of sulfonamides is 1. The van der Waals surface area contributed by atoms with Gasteiger partial charge in [0, 0.05) is 31.5 Å².